The third-order valence-corrected chi connectivity index (χ3v) is 5.47. The second-order valence-electron chi connectivity index (χ2n) is 6.30. The van der Waals surface area contributed by atoms with Gasteiger partial charge >= 0.3 is 5.97 Å². The Morgan fingerprint density at radius 3 is 2.69 bits per heavy atom. The number of hydrogen-bond acceptors (Lipinski definition) is 4. The van der Waals surface area contributed by atoms with Crippen LogP contribution < -0.4 is 4.80 Å². The zero-order chi connectivity index (χ0) is 18.7. The maximum Gasteiger partial charge on any atom is 0.326 e. The lowest BCUT2D eigenvalue weighted by Gasteiger charge is -2.17. The van der Waals surface area contributed by atoms with Gasteiger partial charge < -0.3 is 9.30 Å². The molecule has 1 amide bonds. The SMILES string of the molecule is CCOC(=O)Cn1c(=NC(=O)C2CCCCC2)sc2cc(F)cc(F)c21. The molecule has 0 aliphatic heterocycles. The third kappa shape index (κ3) is 4.00. The van der Waals surface area contributed by atoms with Crippen LogP contribution >= 0.6 is 11.3 Å². The number of thiazole rings is 1. The Kier molecular flexibility index (Phi) is 5.80. The number of ether oxygens (including phenoxy) is 1. The standard InChI is InChI=1S/C18H20F2N2O3S/c1-2-25-15(23)10-22-16-13(20)8-12(19)9-14(16)26-18(22)21-17(24)11-6-4-3-5-7-11/h8-9,11H,2-7,10H2,1H3. The van der Waals surface area contributed by atoms with Crippen molar-refractivity contribution < 1.29 is 23.1 Å². The number of amides is 1. The molecule has 5 nitrogen and oxygen atoms in total. The van der Waals surface area contributed by atoms with E-state index in [0.717, 1.165) is 49.5 Å². The molecule has 26 heavy (non-hydrogen) atoms. The summed E-state index contributed by atoms with van der Waals surface area (Å²) in [5, 5.41) is 0. The lowest BCUT2D eigenvalue weighted by atomic mass is 9.89. The smallest absolute Gasteiger partial charge is 0.326 e. The number of nitrogens with zero attached hydrogens (tertiary/aromatic N) is 2. The Bertz CT molecular complexity index is 898. The monoisotopic (exact) mass is 382 g/mol. The molecule has 1 aromatic heterocycles. The van der Waals surface area contributed by atoms with Gasteiger partial charge in [0.15, 0.2) is 10.6 Å². The Balaban J connectivity index is 2.07. The van der Waals surface area contributed by atoms with E-state index in [1.807, 2.05) is 0 Å². The first-order valence-electron chi connectivity index (χ1n) is 8.72. The fourth-order valence-electron chi connectivity index (χ4n) is 3.23. The average molecular weight is 382 g/mol. The van der Waals surface area contributed by atoms with Crippen molar-refractivity contribution >= 4 is 33.4 Å². The second kappa shape index (κ2) is 8.07. The Morgan fingerprint density at radius 2 is 2.00 bits per heavy atom. The van der Waals surface area contributed by atoms with E-state index >= 15 is 0 Å². The fourth-order valence-corrected chi connectivity index (χ4v) is 4.31. The van der Waals surface area contributed by atoms with Crippen LogP contribution in [0.25, 0.3) is 10.2 Å². The minimum absolute atomic E-state index is 0.0552. The summed E-state index contributed by atoms with van der Waals surface area (Å²) < 4.78 is 34.4. The average Bonchev–Trinajstić information content (AvgIpc) is 2.93. The summed E-state index contributed by atoms with van der Waals surface area (Å²) in [5.74, 6) is -2.50. The summed E-state index contributed by atoms with van der Waals surface area (Å²) in [7, 11) is 0. The Morgan fingerprint density at radius 1 is 1.27 bits per heavy atom. The van der Waals surface area contributed by atoms with E-state index in [1.165, 1.54) is 10.6 Å². The maximum atomic E-state index is 14.3. The molecular weight excluding hydrogens is 362 g/mol. The van der Waals surface area contributed by atoms with Crippen LogP contribution in [0, 0.1) is 17.6 Å². The molecule has 0 atom stereocenters. The maximum absolute atomic E-state index is 14.3. The van der Waals surface area contributed by atoms with Crippen molar-refractivity contribution in [1.29, 1.82) is 0 Å². The van der Waals surface area contributed by atoms with E-state index in [0.29, 0.717) is 4.70 Å². The van der Waals surface area contributed by atoms with Gasteiger partial charge in [-0.2, -0.15) is 4.99 Å². The molecule has 0 bridgehead atoms. The van der Waals surface area contributed by atoms with Gasteiger partial charge in [-0.1, -0.05) is 30.6 Å². The molecule has 1 aliphatic carbocycles. The van der Waals surface area contributed by atoms with Gasteiger partial charge in [-0.3, -0.25) is 9.59 Å². The summed E-state index contributed by atoms with van der Waals surface area (Å²) in [6, 6.07) is 1.93. The van der Waals surface area contributed by atoms with Crippen LogP contribution in [-0.4, -0.2) is 23.1 Å². The van der Waals surface area contributed by atoms with Crippen LogP contribution in [0.4, 0.5) is 8.78 Å². The molecule has 0 unspecified atom stereocenters. The fraction of sp³-hybridized carbons (Fsp3) is 0.500. The lowest BCUT2D eigenvalue weighted by molar-refractivity contribution is -0.143. The van der Waals surface area contributed by atoms with Gasteiger partial charge in [-0.15, -0.1) is 0 Å². The van der Waals surface area contributed by atoms with Gasteiger partial charge in [0, 0.05) is 12.0 Å². The molecule has 0 saturated heterocycles. The highest BCUT2D eigenvalue weighted by Crippen LogP contribution is 2.25. The molecule has 0 N–H and O–H groups in total. The van der Waals surface area contributed by atoms with E-state index in [2.05, 4.69) is 4.99 Å². The van der Waals surface area contributed by atoms with Crippen LogP contribution in [0.1, 0.15) is 39.0 Å². The van der Waals surface area contributed by atoms with Crippen LogP contribution in [-0.2, 0) is 20.9 Å². The van der Waals surface area contributed by atoms with E-state index in [1.54, 1.807) is 6.92 Å². The minimum atomic E-state index is -0.799. The Labute approximate surface area is 153 Å². The molecule has 8 heteroatoms. The number of aromatic nitrogens is 1. The van der Waals surface area contributed by atoms with E-state index in [4.69, 9.17) is 4.74 Å². The van der Waals surface area contributed by atoms with Crippen molar-refractivity contribution in [3.63, 3.8) is 0 Å². The number of carbonyl (C=O) groups excluding carboxylic acids is 2. The predicted molar refractivity (Wildman–Crippen MR) is 93.5 cm³/mol. The summed E-state index contributed by atoms with van der Waals surface area (Å²) >= 11 is 0.992. The largest absolute Gasteiger partial charge is 0.465 e. The van der Waals surface area contributed by atoms with Crippen LogP contribution in [0.3, 0.4) is 0 Å². The van der Waals surface area contributed by atoms with E-state index in [-0.39, 0.29) is 35.3 Å². The molecule has 1 fully saturated rings. The van der Waals surface area contributed by atoms with Gasteiger partial charge in [0.25, 0.3) is 5.91 Å². The number of rotatable bonds is 4. The zero-order valence-electron chi connectivity index (χ0n) is 14.5. The van der Waals surface area contributed by atoms with Crippen molar-refractivity contribution in [3.05, 3.63) is 28.6 Å². The van der Waals surface area contributed by atoms with Crippen molar-refractivity contribution in [1.82, 2.24) is 4.57 Å². The molecule has 2 aromatic rings. The number of fused-ring (bicyclic) bond motifs is 1. The molecule has 3 rings (SSSR count). The van der Waals surface area contributed by atoms with Crippen molar-refractivity contribution in [2.45, 2.75) is 45.6 Å². The van der Waals surface area contributed by atoms with Gasteiger partial charge in [0.05, 0.1) is 16.8 Å². The number of hydrogen-bond donors (Lipinski definition) is 0. The normalized spacial score (nSPS) is 16.2. The Hall–Kier alpha value is -2.09. The summed E-state index contributed by atoms with van der Waals surface area (Å²) in [4.78, 5) is 28.8. The molecule has 140 valence electrons. The summed E-state index contributed by atoms with van der Waals surface area (Å²) in [6.45, 7) is 1.57. The lowest BCUT2D eigenvalue weighted by Crippen LogP contribution is -2.25. The highest BCUT2D eigenvalue weighted by Gasteiger charge is 2.22. The third-order valence-electron chi connectivity index (χ3n) is 4.45. The first-order valence-corrected chi connectivity index (χ1v) is 9.53. The number of halogens is 2. The van der Waals surface area contributed by atoms with Gasteiger partial charge in [0.1, 0.15) is 12.4 Å². The first-order chi connectivity index (χ1) is 12.5. The summed E-state index contributed by atoms with van der Waals surface area (Å²) in [5.41, 5.74) is 0.0552. The minimum Gasteiger partial charge on any atom is -0.465 e. The molecule has 1 aliphatic rings. The van der Waals surface area contributed by atoms with Crippen molar-refractivity contribution in [2.75, 3.05) is 6.61 Å². The molecule has 1 aromatic carbocycles. The predicted octanol–water partition coefficient (Wildman–Crippen LogP) is 3.55. The molecule has 0 spiro atoms. The van der Waals surface area contributed by atoms with Crippen LogP contribution in [0.5, 0.6) is 0 Å². The van der Waals surface area contributed by atoms with E-state index < -0.39 is 17.6 Å². The zero-order valence-corrected chi connectivity index (χ0v) is 15.3. The van der Waals surface area contributed by atoms with E-state index in [9.17, 15) is 18.4 Å². The van der Waals surface area contributed by atoms with Gasteiger partial charge in [-0.05, 0) is 25.8 Å². The van der Waals surface area contributed by atoms with Gasteiger partial charge in [0.2, 0.25) is 0 Å². The van der Waals surface area contributed by atoms with Crippen LogP contribution in [0.15, 0.2) is 17.1 Å². The number of carbonyl (C=O) groups is 2. The molecule has 1 saturated carbocycles. The number of esters is 1. The van der Waals surface area contributed by atoms with Gasteiger partial charge in [-0.25, -0.2) is 8.78 Å². The molecule has 0 radical (unpaired) electrons. The van der Waals surface area contributed by atoms with Crippen molar-refractivity contribution in [2.24, 2.45) is 10.9 Å². The second-order valence-corrected chi connectivity index (χ2v) is 7.30. The topological polar surface area (TPSA) is 60.7 Å². The quantitative estimate of drug-likeness (QED) is 0.760. The molecule has 1 heterocycles. The highest BCUT2D eigenvalue weighted by atomic mass is 32.1. The van der Waals surface area contributed by atoms with Crippen molar-refractivity contribution in [3.8, 4) is 0 Å². The first kappa shape index (κ1) is 18.7. The van der Waals surface area contributed by atoms with Crippen LogP contribution in [0.2, 0.25) is 0 Å². The molecular formula is C18H20F2N2O3S. The number of benzene rings is 1. The highest BCUT2D eigenvalue weighted by molar-refractivity contribution is 7.16. The summed E-state index contributed by atoms with van der Waals surface area (Å²) in [6.07, 6.45) is 4.66.